The van der Waals surface area contributed by atoms with E-state index in [2.05, 4.69) is 0 Å². The molecule has 1 aliphatic heterocycles. The van der Waals surface area contributed by atoms with Gasteiger partial charge in [0.2, 0.25) is 0 Å². The molecule has 130 valence electrons. The van der Waals surface area contributed by atoms with Crippen molar-refractivity contribution in [2.75, 3.05) is 6.54 Å². The first kappa shape index (κ1) is 17.9. The second-order valence-corrected chi connectivity index (χ2v) is 5.90. The van der Waals surface area contributed by atoms with Crippen molar-refractivity contribution in [2.45, 2.75) is 67.5 Å². The van der Waals surface area contributed by atoms with Crippen molar-refractivity contribution in [2.24, 2.45) is 17.2 Å². The van der Waals surface area contributed by atoms with Gasteiger partial charge in [0.1, 0.15) is 36.6 Å². The SMILES string of the molecule is NC[C@H]1O[C@@H](O[C@H]2[C@H](O)[C@H](O)[C@H](N)C[C@@H]2N)[C@H](O)[C@@H](O)[C@@H]1O. The fraction of sp³-hybridized carbons (Fsp3) is 1.00. The molecule has 1 saturated carbocycles. The minimum atomic E-state index is -1.55. The van der Waals surface area contributed by atoms with Gasteiger partial charge in [0, 0.05) is 18.6 Å². The number of aliphatic hydroxyl groups is 5. The maximum atomic E-state index is 10.0. The highest BCUT2D eigenvalue weighted by Gasteiger charge is 2.48. The van der Waals surface area contributed by atoms with Crippen LogP contribution in [-0.2, 0) is 9.47 Å². The predicted octanol–water partition coefficient (Wildman–Crippen LogP) is -5.08. The molecule has 10 atom stereocenters. The topological polar surface area (TPSA) is 198 Å². The number of aliphatic hydroxyl groups excluding tert-OH is 5. The van der Waals surface area contributed by atoms with Crippen LogP contribution in [0.2, 0.25) is 0 Å². The molecule has 11 N–H and O–H groups in total. The van der Waals surface area contributed by atoms with Gasteiger partial charge in [-0.3, -0.25) is 0 Å². The summed E-state index contributed by atoms with van der Waals surface area (Å²) in [4.78, 5) is 0. The summed E-state index contributed by atoms with van der Waals surface area (Å²) >= 11 is 0. The van der Waals surface area contributed by atoms with E-state index in [0.717, 1.165) is 0 Å². The number of hydrogen-bond donors (Lipinski definition) is 8. The minimum absolute atomic E-state index is 0.0996. The fourth-order valence-electron chi connectivity index (χ4n) is 2.85. The average molecular weight is 323 g/mol. The van der Waals surface area contributed by atoms with E-state index in [1.165, 1.54) is 0 Å². The quantitative estimate of drug-likeness (QED) is 0.248. The highest BCUT2D eigenvalue weighted by atomic mass is 16.7. The van der Waals surface area contributed by atoms with E-state index in [1.807, 2.05) is 0 Å². The van der Waals surface area contributed by atoms with Gasteiger partial charge >= 0.3 is 0 Å². The second kappa shape index (κ2) is 7.01. The van der Waals surface area contributed by atoms with Crippen molar-refractivity contribution in [3.63, 3.8) is 0 Å². The number of hydrogen-bond acceptors (Lipinski definition) is 10. The van der Waals surface area contributed by atoms with Gasteiger partial charge in [-0.2, -0.15) is 0 Å². The summed E-state index contributed by atoms with van der Waals surface area (Å²) < 4.78 is 10.8. The summed E-state index contributed by atoms with van der Waals surface area (Å²) in [6.45, 7) is -0.0996. The Morgan fingerprint density at radius 2 is 1.50 bits per heavy atom. The van der Waals surface area contributed by atoms with Gasteiger partial charge in [0.25, 0.3) is 0 Å². The largest absolute Gasteiger partial charge is 0.389 e. The Balaban J connectivity index is 2.08. The van der Waals surface area contributed by atoms with Crippen molar-refractivity contribution in [3.8, 4) is 0 Å². The Bertz CT molecular complexity index is 375. The minimum Gasteiger partial charge on any atom is -0.389 e. The van der Waals surface area contributed by atoms with Crippen LogP contribution >= 0.6 is 0 Å². The summed E-state index contributed by atoms with van der Waals surface area (Å²) in [5.41, 5.74) is 16.9. The molecule has 0 unspecified atom stereocenters. The van der Waals surface area contributed by atoms with E-state index in [1.54, 1.807) is 0 Å². The lowest BCUT2D eigenvalue weighted by molar-refractivity contribution is -0.318. The zero-order valence-corrected chi connectivity index (χ0v) is 12.0. The van der Waals surface area contributed by atoms with E-state index in [-0.39, 0.29) is 13.0 Å². The summed E-state index contributed by atoms with van der Waals surface area (Å²) in [6, 6.07) is -1.38. The van der Waals surface area contributed by atoms with Gasteiger partial charge in [-0.15, -0.1) is 0 Å². The zero-order valence-electron chi connectivity index (χ0n) is 12.0. The Hall–Kier alpha value is -0.400. The van der Waals surface area contributed by atoms with E-state index < -0.39 is 61.1 Å². The van der Waals surface area contributed by atoms with Crippen LogP contribution in [0.1, 0.15) is 6.42 Å². The van der Waals surface area contributed by atoms with Gasteiger partial charge in [0.15, 0.2) is 6.29 Å². The van der Waals surface area contributed by atoms with Gasteiger partial charge < -0.3 is 52.2 Å². The second-order valence-electron chi connectivity index (χ2n) is 5.90. The maximum absolute atomic E-state index is 10.0. The third-order valence-electron chi connectivity index (χ3n) is 4.28. The third-order valence-corrected chi connectivity index (χ3v) is 4.28. The first-order valence-electron chi connectivity index (χ1n) is 7.20. The van der Waals surface area contributed by atoms with Crippen LogP contribution < -0.4 is 17.2 Å². The summed E-state index contributed by atoms with van der Waals surface area (Å²) in [5.74, 6) is 0. The highest BCUT2D eigenvalue weighted by molar-refractivity contribution is 4.99. The van der Waals surface area contributed by atoms with Gasteiger partial charge in [-0.25, -0.2) is 0 Å². The van der Waals surface area contributed by atoms with E-state index in [9.17, 15) is 25.5 Å². The standard InChI is InChI=1S/C12H25N3O7/c13-2-5-7(17)8(18)10(20)12(21-5)22-11-4(15)1-3(14)6(16)9(11)19/h3-12,16-20H,1-2,13-15H2/t3-,4+,5-,6-,7-,8+,9-,10-,11-,12+/m1/s1. The molecule has 1 aliphatic carbocycles. The Labute approximate surface area is 127 Å². The molecule has 0 aromatic carbocycles. The third kappa shape index (κ3) is 3.26. The van der Waals surface area contributed by atoms with Crippen molar-refractivity contribution < 1.29 is 35.0 Å². The molecular weight excluding hydrogens is 298 g/mol. The molecule has 1 saturated heterocycles. The first-order valence-corrected chi connectivity index (χ1v) is 7.20. The van der Waals surface area contributed by atoms with E-state index in [4.69, 9.17) is 26.7 Å². The average Bonchev–Trinajstić information content (AvgIpc) is 2.49. The molecular formula is C12H25N3O7. The molecule has 0 aromatic heterocycles. The van der Waals surface area contributed by atoms with Crippen molar-refractivity contribution in [1.29, 1.82) is 0 Å². The Morgan fingerprint density at radius 3 is 2.09 bits per heavy atom. The summed E-state index contributed by atoms with van der Waals surface area (Å²) in [7, 11) is 0. The van der Waals surface area contributed by atoms with Gasteiger partial charge in [-0.1, -0.05) is 0 Å². The van der Waals surface area contributed by atoms with Crippen LogP contribution in [0, 0.1) is 0 Å². The van der Waals surface area contributed by atoms with Gasteiger partial charge in [0.05, 0.1) is 6.10 Å². The lowest BCUT2D eigenvalue weighted by Crippen LogP contribution is -2.65. The Kier molecular flexibility index (Phi) is 5.72. The van der Waals surface area contributed by atoms with Crippen LogP contribution in [0.3, 0.4) is 0 Å². The van der Waals surface area contributed by atoms with Crippen molar-refractivity contribution in [1.82, 2.24) is 0 Å². The number of nitrogens with two attached hydrogens (primary N) is 3. The molecule has 2 aliphatic rings. The van der Waals surface area contributed by atoms with E-state index >= 15 is 0 Å². The molecule has 2 rings (SSSR count). The first-order chi connectivity index (χ1) is 10.3. The normalized spacial score (nSPS) is 53.5. The predicted molar refractivity (Wildman–Crippen MR) is 73.2 cm³/mol. The monoisotopic (exact) mass is 323 g/mol. The lowest BCUT2D eigenvalue weighted by atomic mass is 9.84. The number of rotatable bonds is 3. The number of ether oxygens (including phenoxy) is 2. The van der Waals surface area contributed by atoms with Crippen molar-refractivity contribution in [3.05, 3.63) is 0 Å². The van der Waals surface area contributed by atoms with Crippen LogP contribution in [0.25, 0.3) is 0 Å². The van der Waals surface area contributed by atoms with E-state index in [0.29, 0.717) is 0 Å². The fourth-order valence-corrected chi connectivity index (χ4v) is 2.85. The smallest absolute Gasteiger partial charge is 0.187 e. The molecule has 0 radical (unpaired) electrons. The Morgan fingerprint density at radius 1 is 0.864 bits per heavy atom. The van der Waals surface area contributed by atoms with Gasteiger partial charge in [-0.05, 0) is 6.42 Å². The molecule has 22 heavy (non-hydrogen) atoms. The lowest BCUT2D eigenvalue weighted by Gasteiger charge is -2.45. The summed E-state index contributed by atoms with van der Waals surface area (Å²) in [5, 5.41) is 49.3. The van der Waals surface area contributed by atoms with Crippen molar-refractivity contribution >= 4 is 0 Å². The summed E-state index contributed by atoms with van der Waals surface area (Å²) in [6.07, 6.45) is -10.1. The van der Waals surface area contributed by atoms with Crippen LogP contribution in [-0.4, -0.2) is 93.2 Å². The molecule has 1 heterocycles. The molecule has 0 spiro atoms. The molecule has 0 bridgehead atoms. The molecule has 0 aromatic rings. The van der Waals surface area contributed by atoms with Crippen LogP contribution in [0.4, 0.5) is 0 Å². The molecule has 0 amide bonds. The molecule has 10 nitrogen and oxygen atoms in total. The van der Waals surface area contributed by atoms with Crippen LogP contribution in [0.15, 0.2) is 0 Å². The van der Waals surface area contributed by atoms with Crippen LogP contribution in [0.5, 0.6) is 0 Å². The molecule has 10 heteroatoms. The highest BCUT2D eigenvalue weighted by Crippen LogP contribution is 2.27. The molecule has 2 fully saturated rings. The zero-order chi connectivity index (χ0) is 16.6. The maximum Gasteiger partial charge on any atom is 0.187 e.